The van der Waals surface area contributed by atoms with Crippen molar-refractivity contribution in [1.29, 1.82) is 0 Å². The lowest BCUT2D eigenvalue weighted by molar-refractivity contribution is -0.131. The van der Waals surface area contributed by atoms with Gasteiger partial charge < -0.3 is 14.4 Å². The molecule has 1 aromatic carbocycles. The summed E-state index contributed by atoms with van der Waals surface area (Å²) in [4.78, 5) is 26.3. The highest BCUT2D eigenvalue weighted by molar-refractivity contribution is 7.98. The van der Waals surface area contributed by atoms with Gasteiger partial charge in [-0.15, -0.1) is 0 Å². The number of carbonyl (C=O) groups is 2. The summed E-state index contributed by atoms with van der Waals surface area (Å²) in [7, 11) is 1.87. The van der Waals surface area contributed by atoms with Gasteiger partial charge in [0.25, 0.3) is 0 Å². The number of hydrogen-bond donors (Lipinski definition) is 2. The van der Waals surface area contributed by atoms with E-state index in [0.29, 0.717) is 13.1 Å². The van der Waals surface area contributed by atoms with Crippen molar-refractivity contribution in [1.82, 2.24) is 19.8 Å². The van der Waals surface area contributed by atoms with Crippen molar-refractivity contribution in [2.45, 2.75) is 37.5 Å². The molecule has 1 aromatic rings. The third-order valence-corrected chi connectivity index (χ3v) is 6.89. The van der Waals surface area contributed by atoms with Crippen LogP contribution in [0.2, 0.25) is 0 Å². The molecule has 2 amide bonds. The number of thioether (sulfide) groups is 1. The first-order chi connectivity index (χ1) is 13.9. The molecule has 160 valence electrons. The van der Waals surface area contributed by atoms with E-state index < -0.39 is 6.09 Å². The Morgan fingerprint density at radius 2 is 2.03 bits per heavy atom. The predicted octanol–water partition coefficient (Wildman–Crippen LogP) is 2.59. The van der Waals surface area contributed by atoms with Crippen LogP contribution in [-0.2, 0) is 15.5 Å². The zero-order chi connectivity index (χ0) is 20.9. The van der Waals surface area contributed by atoms with E-state index in [9.17, 15) is 14.0 Å². The third kappa shape index (κ3) is 5.56. The Labute approximate surface area is 179 Å². The maximum absolute atomic E-state index is 12.9. The fourth-order valence-electron chi connectivity index (χ4n) is 3.66. The van der Waals surface area contributed by atoms with Gasteiger partial charge in [-0.3, -0.25) is 10.1 Å². The van der Waals surface area contributed by atoms with Crippen LogP contribution >= 0.6 is 24.0 Å². The van der Waals surface area contributed by atoms with Crippen LogP contribution in [0.15, 0.2) is 24.3 Å². The molecule has 2 heterocycles. The lowest BCUT2D eigenvalue weighted by Gasteiger charge is -2.42. The number of benzene rings is 1. The number of amides is 2. The normalized spacial score (nSPS) is 21.6. The molecule has 0 aromatic heterocycles. The zero-order valence-corrected chi connectivity index (χ0v) is 18.3. The Hall–Kier alpha value is -1.49. The van der Waals surface area contributed by atoms with Crippen LogP contribution in [0.4, 0.5) is 9.18 Å². The number of rotatable bonds is 7. The maximum atomic E-state index is 12.9. The van der Waals surface area contributed by atoms with Crippen LogP contribution in [0.1, 0.15) is 24.8 Å². The van der Waals surface area contributed by atoms with Crippen LogP contribution in [0.25, 0.3) is 0 Å². The molecule has 29 heavy (non-hydrogen) atoms. The molecule has 0 bridgehead atoms. The van der Waals surface area contributed by atoms with E-state index in [1.807, 2.05) is 22.5 Å². The topological polar surface area (TPSA) is 73.9 Å². The molecular formula is C19H27FN4O3S2. The van der Waals surface area contributed by atoms with Gasteiger partial charge >= 0.3 is 6.09 Å². The molecule has 1 atom stereocenters. The zero-order valence-electron chi connectivity index (χ0n) is 16.7. The molecule has 2 saturated heterocycles. The van der Waals surface area contributed by atoms with Crippen LogP contribution < -0.4 is 10.6 Å². The molecule has 0 aliphatic carbocycles. The monoisotopic (exact) mass is 442 g/mol. The number of carbonyl (C=O) groups excluding carboxylic acids is 2. The third-order valence-electron chi connectivity index (χ3n) is 5.44. The van der Waals surface area contributed by atoms with Crippen LogP contribution in [0, 0.1) is 5.82 Å². The van der Waals surface area contributed by atoms with Crippen molar-refractivity contribution in [2.75, 3.05) is 32.1 Å². The van der Waals surface area contributed by atoms with E-state index in [-0.39, 0.29) is 30.0 Å². The Balaban J connectivity index is 1.40. The van der Waals surface area contributed by atoms with Gasteiger partial charge in [0.15, 0.2) is 12.2 Å². The van der Waals surface area contributed by atoms with E-state index in [4.69, 9.17) is 4.18 Å². The second-order valence-electron chi connectivity index (χ2n) is 7.26. The van der Waals surface area contributed by atoms with Crippen molar-refractivity contribution < 1.29 is 18.2 Å². The van der Waals surface area contributed by atoms with Gasteiger partial charge in [-0.1, -0.05) is 12.1 Å². The first-order valence-corrected chi connectivity index (χ1v) is 11.7. The molecular weight excluding hydrogens is 415 g/mol. The second-order valence-corrected chi connectivity index (χ2v) is 9.08. The summed E-state index contributed by atoms with van der Waals surface area (Å²) in [5.41, 5.74) is 0.492. The summed E-state index contributed by atoms with van der Waals surface area (Å²) in [6.07, 6.45) is 3.90. The second kappa shape index (κ2) is 10.0. The number of nitrogens with zero attached hydrogens (tertiary/aromatic N) is 2. The Morgan fingerprint density at radius 3 is 2.69 bits per heavy atom. The predicted molar refractivity (Wildman–Crippen MR) is 114 cm³/mol. The Bertz CT molecular complexity index is 714. The smallest absolute Gasteiger partial charge is 0.358 e. The molecule has 1 unspecified atom stereocenters. The lowest BCUT2D eigenvalue weighted by atomic mass is 9.98. The number of halogens is 1. The van der Waals surface area contributed by atoms with Crippen molar-refractivity contribution in [3.05, 3.63) is 35.6 Å². The number of likely N-dealkylation sites (N-methyl/N-ethyl adjacent to an activating group) is 1. The molecule has 0 saturated carbocycles. The molecule has 2 aliphatic heterocycles. The minimum Gasteiger partial charge on any atom is -0.358 e. The molecule has 2 N–H and O–H groups in total. The van der Waals surface area contributed by atoms with E-state index in [0.717, 1.165) is 42.8 Å². The first kappa shape index (κ1) is 22.2. The van der Waals surface area contributed by atoms with E-state index in [1.54, 1.807) is 23.9 Å². The number of hydrogen-bond acceptors (Lipinski definition) is 7. The molecule has 0 radical (unpaired) electrons. The average molecular weight is 443 g/mol. The minimum atomic E-state index is -0.539. The van der Waals surface area contributed by atoms with Gasteiger partial charge in [0, 0.05) is 26.7 Å². The summed E-state index contributed by atoms with van der Waals surface area (Å²) in [5.74, 6) is 0.807. The van der Waals surface area contributed by atoms with Gasteiger partial charge in [-0.25, -0.2) is 13.5 Å². The first-order valence-electron chi connectivity index (χ1n) is 9.60. The fourth-order valence-corrected chi connectivity index (χ4v) is 4.70. The van der Waals surface area contributed by atoms with Gasteiger partial charge in [0.2, 0.25) is 5.91 Å². The summed E-state index contributed by atoms with van der Waals surface area (Å²) in [6, 6.07) is 5.83. The van der Waals surface area contributed by atoms with Crippen LogP contribution in [-0.4, -0.2) is 65.1 Å². The average Bonchev–Trinajstić information content (AvgIpc) is 2.96. The van der Waals surface area contributed by atoms with Gasteiger partial charge in [0.05, 0.1) is 11.7 Å². The van der Waals surface area contributed by atoms with E-state index in [1.165, 1.54) is 12.1 Å². The highest BCUT2D eigenvalue weighted by Crippen LogP contribution is 2.34. The standard InChI is InChI=1S/C19H27FN4O3S2/c1-23-17(25)16(7-12-28-2)22-19(23)8-10-24(11-9-19)29-27-18(26)21-13-14-3-5-15(20)6-4-14/h3-6,16,22H,7-13H2,1-2H3,(H,21,26). The largest absolute Gasteiger partial charge is 0.420 e. The summed E-state index contributed by atoms with van der Waals surface area (Å²) < 4.78 is 20.1. The van der Waals surface area contributed by atoms with Crippen molar-refractivity contribution in [2.24, 2.45) is 0 Å². The van der Waals surface area contributed by atoms with Crippen molar-refractivity contribution >= 4 is 36.0 Å². The molecule has 7 nitrogen and oxygen atoms in total. The number of nitrogens with one attached hydrogen (secondary N) is 2. The molecule has 3 rings (SSSR count). The quantitative estimate of drug-likeness (QED) is 0.497. The van der Waals surface area contributed by atoms with Crippen LogP contribution in [0.5, 0.6) is 0 Å². The van der Waals surface area contributed by atoms with E-state index in [2.05, 4.69) is 10.6 Å². The van der Waals surface area contributed by atoms with Crippen molar-refractivity contribution in [3.8, 4) is 0 Å². The van der Waals surface area contributed by atoms with Crippen molar-refractivity contribution in [3.63, 3.8) is 0 Å². The summed E-state index contributed by atoms with van der Waals surface area (Å²) >= 11 is 2.77. The highest BCUT2D eigenvalue weighted by Gasteiger charge is 2.49. The maximum Gasteiger partial charge on any atom is 0.420 e. The van der Waals surface area contributed by atoms with Crippen LogP contribution in [0.3, 0.4) is 0 Å². The lowest BCUT2D eigenvalue weighted by Crippen LogP contribution is -2.56. The van der Waals surface area contributed by atoms with Gasteiger partial charge in [0.1, 0.15) is 5.82 Å². The van der Waals surface area contributed by atoms with Gasteiger partial charge in [-0.05, 0) is 49.0 Å². The van der Waals surface area contributed by atoms with E-state index >= 15 is 0 Å². The fraction of sp³-hybridized carbons (Fsp3) is 0.579. The summed E-state index contributed by atoms with van der Waals surface area (Å²) in [5, 5.41) is 6.20. The van der Waals surface area contributed by atoms with Gasteiger partial charge in [-0.2, -0.15) is 11.8 Å². The number of piperidine rings is 1. The molecule has 2 fully saturated rings. The molecule has 2 aliphatic rings. The highest BCUT2D eigenvalue weighted by atomic mass is 32.2. The molecule has 10 heteroatoms. The Kier molecular flexibility index (Phi) is 7.66. The summed E-state index contributed by atoms with van der Waals surface area (Å²) in [6.45, 7) is 1.68. The Morgan fingerprint density at radius 1 is 1.34 bits per heavy atom. The SMILES string of the molecule is CSCCC1NC2(CCN(SOC(=O)NCc3ccc(F)cc3)CC2)N(C)C1=O. The molecule has 1 spiro atoms. The minimum absolute atomic E-state index is 0.111.